The summed E-state index contributed by atoms with van der Waals surface area (Å²) < 4.78 is 20.3. The Balaban J connectivity index is 1.58. The van der Waals surface area contributed by atoms with Crippen LogP contribution in [0.3, 0.4) is 0 Å². The summed E-state index contributed by atoms with van der Waals surface area (Å²) in [5.74, 6) is -0.987. The first-order valence-corrected chi connectivity index (χ1v) is 8.75. The number of carbonyl (C=O) groups excluding carboxylic acids is 1. The van der Waals surface area contributed by atoms with Gasteiger partial charge in [-0.25, -0.2) is 13.9 Å². The number of pyridine rings is 1. The van der Waals surface area contributed by atoms with E-state index < -0.39 is 11.5 Å². The maximum Gasteiger partial charge on any atom is 0.344 e. The largest absolute Gasteiger partial charge is 0.455 e. The second kappa shape index (κ2) is 6.83. The van der Waals surface area contributed by atoms with Crippen LogP contribution in [0.2, 0.25) is 0 Å². The maximum absolute atomic E-state index is 13.2. The number of nitrogens with zero attached hydrogens (tertiary/aromatic N) is 2. The zero-order valence-electron chi connectivity index (χ0n) is 14.8. The van der Waals surface area contributed by atoms with Crippen LogP contribution in [0.1, 0.15) is 39.4 Å². The van der Waals surface area contributed by atoms with Crippen LogP contribution in [0.5, 0.6) is 0 Å². The summed E-state index contributed by atoms with van der Waals surface area (Å²) in [4.78, 5) is 26.7. The lowest BCUT2D eigenvalue weighted by Crippen LogP contribution is -2.20. The van der Waals surface area contributed by atoms with E-state index in [1.54, 1.807) is 29.8 Å². The molecule has 0 fully saturated rings. The second-order valence-corrected chi connectivity index (χ2v) is 6.57. The molecule has 0 amide bonds. The fourth-order valence-electron chi connectivity index (χ4n) is 3.37. The van der Waals surface area contributed by atoms with Gasteiger partial charge in [0.2, 0.25) is 0 Å². The van der Waals surface area contributed by atoms with Crippen molar-refractivity contribution in [2.75, 3.05) is 0 Å². The van der Waals surface area contributed by atoms with Gasteiger partial charge in [0.1, 0.15) is 23.7 Å². The van der Waals surface area contributed by atoms with Crippen molar-refractivity contribution in [3.05, 3.63) is 80.8 Å². The van der Waals surface area contributed by atoms with E-state index in [2.05, 4.69) is 10.1 Å². The molecule has 3 aromatic rings. The molecule has 0 saturated carbocycles. The second-order valence-electron chi connectivity index (χ2n) is 6.57. The average molecular weight is 367 g/mol. The fraction of sp³-hybridized carbons (Fsp3) is 0.250. The number of esters is 1. The number of nitrogens with one attached hydrogen (secondary N) is 1. The Morgan fingerprint density at radius 2 is 2.00 bits per heavy atom. The third kappa shape index (κ3) is 3.28. The predicted octanol–water partition coefficient (Wildman–Crippen LogP) is 2.85. The number of rotatable bonds is 4. The van der Waals surface area contributed by atoms with Crippen molar-refractivity contribution < 1.29 is 13.9 Å². The molecule has 138 valence electrons. The van der Waals surface area contributed by atoms with Gasteiger partial charge in [-0.15, -0.1) is 0 Å². The molecule has 0 saturated heterocycles. The standard InChI is InChI=1S/C20H18FN3O3/c1-12-5-10-16(19(25)22-12)20(26)27-11-17-15-3-2-4-18(15)24(23-17)14-8-6-13(21)7-9-14/h5-10H,2-4,11H2,1H3,(H,22,25). The number of H-pyrrole nitrogens is 1. The molecule has 1 aromatic carbocycles. The van der Waals surface area contributed by atoms with Gasteiger partial charge in [0.15, 0.2) is 0 Å². The molecule has 2 aromatic heterocycles. The molecular formula is C20H18FN3O3. The van der Waals surface area contributed by atoms with Gasteiger partial charge in [0.05, 0.1) is 5.69 Å². The van der Waals surface area contributed by atoms with E-state index in [1.807, 2.05) is 0 Å². The Kier molecular flexibility index (Phi) is 4.35. The molecule has 4 rings (SSSR count). The molecule has 6 nitrogen and oxygen atoms in total. The van der Waals surface area contributed by atoms with Crippen LogP contribution in [0.4, 0.5) is 4.39 Å². The molecule has 0 atom stereocenters. The van der Waals surface area contributed by atoms with E-state index >= 15 is 0 Å². The minimum Gasteiger partial charge on any atom is -0.455 e. The van der Waals surface area contributed by atoms with Gasteiger partial charge in [0.25, 0.3) is 5.56 Å². The van der Waals surface area contributed by atoms with Crippen molar-refractivity contribution in [3.63, 3.8) is 0 Å². The van der Waals surface area contributed by atoms with E-state index in [4.69, 9.17) is 4.74 Å². The number of aromatic amines is 1. The van der Waals surface area contributed by atoms with Crippen molar-refractivity contribution >= 4 is 5.97 Å². The van der Waals surface area contributed by atoms with E-state index in [-0.39, 0.29) is 18.0 Å². The van der Waals surface area contributed by atoms with Crippen LogP contribution in [0, 0.1) is 12.7 Å². The molecule has 0 radical (unpaired) electrons. The van der Waals surface area contributed by atoms with Crippen molar-refractivity contribution in [1.82, 2.24) is 14.8 Å². The molecule has 0 bridgehead atoms. The number of aryl methyl sites for hydroxylation is 1. The lowest BCUT2D eigenvalue weighted by Gasteiger charge is -2.05. The number of fused-ring (bicyclic) bond motifs is 1. The molecule has 7 heteroatoms. The number of hydrogen-bond donors (Lipinski definition) is 1. The van der Waals surface area contributed by atoms with Crippen molar-refractivity contribution in [2.45, 2.75) is 32.8 Å². The molecule has 0 aliphatic heterocycles. The lowest BCUT2D eigenvalue weighted by molar-refractivity contribution is 0.0464. The van der Waals surface area contributed by atoms with Gasteiger partial charge in [-0.1, -0.05) is 0 Å². The van der Waals surface area contributed by atoms with Crippen LogP contribution in [-0.2, 0) is 24.2 Å². The van der Waals surface area contributed by atoms with Crippen LogP contribution in [-0.4, -0.2) is 20.7 Å². The smallest absolute Gasteiger partial charge is 0.344 e. The third-order valence-corrected chi connectivity index (χ3v) is 4.70. The zero-order valence-corrected chi connectivity index (χ0v) is 14.8. The van der Waals surface area contributed by atoms with Gasteiger partial charge in [-0.05, 0) is 62.6 Å². The van der Waals surface area contributed by atoms with Crippen molar-refractivity contribution in [2.24, 2.45) is 0 Å². The number of halogens is 1. The molecular weight excluding hydrogens is 349 g/mol. The van der Waals surface area contributed by atoms with Gasteiger partial charge < -0.3 is 9.72 Å². The minimum absolute atomic E-state index is 0.0112. The van der Waals surface area contributed by atoms with Crippen LogP contribution in [0.15, 0.2) is 41.2 Å². The van der Waals surface area contributed by atoms with Crippen LogP contribution in [0.25, 0.3) is 5.69 Å². The summed E-state index contributed by atoms with van der Waals surface area (Å²) >= 11 is 0. The van der Waals surface area contributed by atoms with Crippen LogP contribution < -0.4 is 5.56 Å². The Morgan fingerprint density at radius 1 is 1.22 bits per heavy atom. The Hall–Kier alpha value is -3.22. The summed E-state index contributed by atoms with van der Waals surface area (Å²) in [6.45, 7) is 1.73. The highest BCUT2D eigenvalue weighted by Gasteiger charge is 2.24. The lowest BCUT2D eigenvalue weighted by atomic mass is 10.2. The summed E-state index contributed by atoms with van der Waals surface area (Å²) in [6.07, 6.45) is 2.72. The first-order valence-electron chi connectivity index (χ1n) is 8.75. The first-order chi connectivity index (χ1) is 13.0. The zero-order chi connectivity index (χ0) is 19.0. The minimum atomic E-state index is -0.681. The molecule has 2 heterocycles. The average Bonchev–Trinajstić information content (AvgIpc) is 3.23. The quantitative estimate of drug-likeness (QED) is 0.720. The first kappa shape index (κ1) is 17.2. The topological polar surface area (TPSA) is 77.0 Å². The highest BCUT2D eigenvalue weighted by molar-refractivity contribution is 5.88. The Morgan fingerprint density at radius 3 is 2.74 bits per heavy atom. The number of aromatic nitrogens is 3. The van der Waals surface area contributed by atoms with E-state index in [0.29, 0.717) is 11.4 Å². The maximum atomic E-state index is 13.2. The predicted molar refractivity (Wildman–Crippen MR) is 96.5 cm³/mol. The number of hydrogen-bond acceptors (Lipinski definition) is 4. The van der Waals surface area contributed by atoms with Crippen LogP contribution >= 0.6 is 0 Å². The summed E-state index contributed by atoms with van der Waals surface area (Å²) in [5, 5.41) is 4.56. The summed E-state index contributed by atoms with van der Waals surface area (Å²) in [6, 6.07) is 9.23. The van der Waals surface area contributed by atoms with Gasteiger partial charge in [-0.3, -0.25) is 4.79 Å². The summed E-state index contributed by atoms with van der Waals surface area (Å²) in [7, 11) is 0. The Bertz CT molecular complexity index is 1070. The Labute approximate surface area is 154 Å². The SMILES string of the molecule is Cc1ccc(C(=O)OCc2nn(-c3ccc(F)cc3)c3c2CCC3)c(=O)[nH]1. The highest BCUT2D eigenvalue weighted by Crippen LogP contribution is 2.28. The van der Waals surface area contributed by atoms with Gasteiger partial charge in [0, 0.05) is 17.0 Å². The molecule has 0 unspecified atom stereocenters. The molecule has 1 aliphatic rings. The van der Waals surface area contributed by atoms with Gasteiger partial charge >= 0.3 is 5.97 Å². The molecule has 1 N–H and O–H groups in total. The normalized spacial score (nSPS) is 12.8. The summed E-state index contributed by atoms with van der Waals surface area (Å²) in [5.41, 5.74) is 3.72. The number of ether oxygens (including phenoxy) is 1. The van der Waals surface area contributed by atoms with E-state index in [1.165, 1.54) is 18.2 Å². The monoisotopic (exact) mass is 367 g/mol. The van der Waals surface area contributed by atoms with E-state index in [9.17, 15) is 14.0 Å². The third-order valence-electron chi connectivity index (χ3n) is 4.70. The van der Waals surface area contributed by atoms with Gasteiger partial charge in [-0.2, -0.15) is 5.10 Å². The molecule has 1 aliphatic carbocycles. The van der Waals surface area contributed by atoms with Crippen molar-refractivity contribution in [1.29, 1.82) is 0 Å². The van der Waals surface area contributed by atoms with Crippen molar-refractivity contribution in [3.8, 4) is 5.69 Å². The molecule has 27 heavy (non-hydrogen) atoms. The molecule has 0 spiro atoms. The number of benzene rings is 1. The fourth-order valence-corrected chi connectivity index (χ4v) is 3.37. The van der Waals surface area contributed by atoms with E-state index in [0.717, 1.165) is 36.2 Å². The number of carbonyl (C=O) groups is 1. The highest BCUT2D eigenvalue weighted by atomic mass is 19.1.